The number of nitrogens with zero attached hydrogens (tertiary/aromatic N) is 5. The maximum absolute atomic E-state index is 12.7. The summed E-state index contributed by atoms with van der Waals surface area (Å²) >= 11 is 12.7. The molecule has 0 spiro atoms. The molecule has 1 aliphatic rings. The third kappa shape index (κ3) is 4.64. The number of carbonyl (C=O) groups excluding carboxylic acids is 1. The van der Waals surface area contributed by atoms with E-state index in [0.29, 0.717) is 23.1 Å². The van der Waals surface area contributed by atoms with Gasteiger partial charge in [0.05, 0.1) is 29.5 Å². The molecule has 0 N–H and O–H groups in total. The van der Waals surface area contributed by atoms with E-state index in [0.717, 1.165) is 22.6 Å². The Morgan fingerprint density at radius 1 is 1.09 bits per heavy atom. The van der Waals surface area contributed by atoms with Crippen LogP contribution in [0.25, 0.3) is 16.8 Å². The summed E-state index contributed by atoms with van der Waals surface area (Å²) < 4.78 is 7.37. The smallest absolute Gasteiger partial charge is 0.410 e. The van der Waals surface area contributed by atoms with Gasteiger partial charge in [-0.05, 0) is 58.9 Å². The number of carbonyl (C=O) groups is 1. The van der Waals surface area contributed by atoms with Crippen molar-refractivity contribution in [3.63, 3.8) is 0 Å². The molecule has 2 atom stereocenters. The van der Waals surface area contributed by atoms with Crippen molar-refractivity contribution in [2.75, 3.05) is 18.0 Å². The number of anilines is 1. The lowest BCUT2D eigenvalue weighted by Crippen LogP contribution is -2.59. The summed E-state index contributed by atoms with van der Waals surface area (Å²) in [5.41, 5.74) is 1.90. The number of hydrogen-bond donors (Lipinski definition) is 0. The van der Waals surface area contributed by atoms with Gasteiger partial charge < -0.3 is 9.64 Å². The first kappa shape index (κ1) is 22.7. The van der Waals surface area contributed by atoms with Gasteiger partial charge in [0.25, 0.3) is 0 Å². The van der Waals surface area contributed by atoms with Crippen LogP contribution in [0.5, 0.6) is 0 Å². The summed E-state index contributed by atoms with van der Waals surface area (Å²) in [5, 5.41) is 5.61. The number of pyridine rings is 2. The summed E-state index contributed by atoms with van der Waals surface area (Å²) in [4.78, 5) is 21.6. The lowest BCUT2D eigenvalue weighted by Gasteiger charge is -2.45. The van der Waals surface area contributed by atoms with Crippen LogP contribution in [0.4, 0.5) is 10.6 Å². The quantitative estimate of drug-likeness (QED) is 0.486. The van der Waals surface area contributed by atoms with Crippen molar-refractivity contribution in [1.82, 2.24) is 19.5 Å². The second-order valence-electron chi connectivity index (χ2n) is 9.25. The summed E-state index contributed by atoms with van der Waals surface area (Å²) in [5.74, 6) is 0.761. The standard InChI is InChI=1S/C23H27Cl2N5O2/c1-14-12-28(13-15(2)30(14)22(31)32-23(3,4)5)21-10-17(25)8-19(27-21)18-11-26-29-7-6-16(24)9-20(18)29/h6-11,14-15H,12-13H2,1-5H3/t14-,15+. The van der Waals surface area contributed by atoms with Crippen molar-refractivity contribution >= 4 is 40.6 Å². The predicted octanol–water partition coefficient (Wildman–Crippen LogP) is 5.54. The fourth-order valence-corrected chi connectivity index (χ4v) is 4.48. The molecule has 4 heterocycles. The lowest BCUT2D eigenvalue weighted by molar-refractivity contribution is 0.00560. The first-order valence-electron chi connectivity index (χ1n) is 10.6. The van der Waals surface area contributed by atoms with Gasteiger partial charge in [0.1, 0.15) is 11.4 Å². The number of amides is 1. The second kappa shape index (κ2) is 8.45. The molecule has 1 fully saturated rings. The monoisotopic (exact) mass is 475 g/mol. The molecule has 32 heavy (non-hydrogen) atoms. The molecule has 1 amide bonds. The molecule has 4 rings (SSSR count). The topological polar surface area (TPSA) is 63.0 Å². The highest BCUT2D eigenvalue weighted by atomic mass is 35.5. The summed E-state index contributed by atoms with van der Waals surface area (Å²) in [6.07, 6.45) is 3.28. The molecule has 7 nitrogen and oxygen atoms in total. The van der Waals surface area contributed by atoms with Crippen molar-refractivity contribution in [1.29, 1.82) is 0 Å². The minimum absolute atomic E-state index is 0.0476. The molecule has 170 valence electrons. The zero-order chi connectivity index (χ0) is 23.2. The Bertz CT molecular complexity index is 1140. The molecule has 0 saturated carbocycles. The van der Waals surface area contributed by atoms with Gasteiger partial charge in [-0.2, -0.15) is 5.10 Å². The molecule has 0 radical (unpaired) electrons. The minimum Gasteiger partial charge on any atom is -0.444 e. The summed E-state index contributed by atoms with van der Waals surface area (Å²) in [7, 11) is 0. The molecular formula is C23H27Cl2N5O2. The van der Waals surface area contributed by atoms with Crippen molar-refractivity contribution in [3.05, 3.63) is 46.7 Å². The van der Waals surface area contributed by atoms with E-state index in [2.05, 4.69) is 10.00 Å². The molecular weight excluding hydrogens is 449 g/mol. The van der Waals surface area contributed by atoms with E-state index in [4.69, 9.17) is 32.9 Å². The third-order valence-corrected chi connectivity index (χ3v) is 5.84. The van der Waals surface area contributed by atoms with Crippen molar-refractivity contribution < 1.29 is 9.53 Å². The molecule has 0 unspecified atom stereocenters. The first-order chi connectivity index (χ1) is 15.0. The van der Waals surface area contributed by atoms with E-state index in [1.807, 2.05) is 59.0 Å². The first-order valence-corrected chi connectivity index (χ1v) is 11.3. The summed E-state index contributed by atoms with van der Waals surface area (Å²) in [6, 6.07) is 7.23. The minimum atomic E-state index is -0.533. The van der Waals surface area contributed by atoms with Crippen LogP contribution < -0.4 is 4.90 Å². The SMILES string of the molecule is C[C@@H]1CN(c2cc(Cl)cc(-c3cnn4ccc(Cl)cc34)n2)C[C@H](C)N1C(=O)OC(C)(C)C. The van der Waals surface area contributed by atoms with Gasteiger partial charge in [0.15, 0.2) is 0 Å². The Labute approximate surface area is 197 Å². The number of fused-ring (bicyclic) bond motifs is 1. The molecule has 3 aromatic rings. The van der Waals surface area contributed by atoms with Crippen LogP contribution in [-0.4, -0.2) is 56.4 Å². The number of aromatic nitrogens is 3. The Balaban J connectivity index is 1.62. The Kier molecular flexibility index (Phi) is 5.98. The van der Waals surface area contributed by atoms with Crippen LogP contribution in [-0.2, 0) is 4.74 Å². The van der Waals surface area contributed by atoms with Crippen molar-refractivity contribution in [3.8, 4) is 11.3 Å². The van der Waals surface area contributed by atoms with Gasteiger partial charge in [-0.25, -0.2) is 14.3 Å². The van der Waals surface area contributed by atoms with Gasteiger partial charge in [-0.15, -0.1) is 0 Å². The van der Waals surface area contributed by atoms with Crippen LogP contribution in [0, 0.1) is 0 Å². The van der Waals surface area contributed by atoms with Gasteiger partial charge in [0.2, 0.25) is 0 Å². The number of halogens is 2. The van der Waals surface area contributed by atoms with Crippen LogP contribution in [0.15, 0.2) is 36.7 Å². The van der Waals surface area contributed by atoms with Crippen molar-refractivity contribution in [2.45, 2.75) is 52.3 Å². The predicted molar refractivity (Wildman–Crippen MR) is 128 cm³/mol. The van der Waals surface area contributed by atoms with Crippen LogP contribution in [0.1, 0.15) is 34.6 Å². The average Bonchev–Trinajstić information content (AvgIpc) is 3.08. The molecule has 1 aliphatic heterocycles. The van der Waals surface area contributed by atoms with Gasteiger partial charge in [-0.1, -0.05) is 23.2 Å². The molecule has 0 aliphatic carbocycles. The lowest BCUT2D eigenvalue weighted by atomic mass is 10.1. The van der Waals surface area contributed by atoms with E-state index in [9.17, 15) is 4.79 Å². The number of rotatable bonds is 2. The van der Waals surface area contributed by atoms with E-state index in [-0.39, 0.29) is 18.2 Å². The van der Waals surface area contributed by atoms with E-state index in [1.54, 1.807) is 21.7 Å². The molecule has 3 aromatic heterocycles. The zero-order valence-corrected chi connectivity index (χ0v) is 20.4. The van der Waals surface area contributed by atoms with Crippen LogP contribution in [0.2, 0.25) is 10.0 Å². The maximum atomic E-state index is 12.7. The highest BCUT2D eigenvalue weighted by molar-refractivity contribution is 6.31. The maximum Gasteiger partial charge on any atom is 0.410 e. The molecule has 0 aromatic carbocycles. The number of piperazine rings is 1. The molecule has 1 saturated heterocycles. The van der Waals surface area contributed by atoms with E-state index >= 15 is 0 Å². The van der Waals surface area contributed by atoms with Crippen molar-refractivity contribution in [2.24, 2.45) is 0 Å². The molecule has 9 heteroatoms. The zero-order valence-electron chi connectivity index (χ0n) is 18.8. The van der Waals surface area contributed by atoms with Crippen LogP contribution in [0.3, 0.4) is 0 Å². The van der Waals surface area contributed by atoms with Gasteiger partial charge >= 0.3 is 6.09 Å². The second-order valence-corrected chi connectivity index (χ2v) is 10.1. The van der Waals surface area contributed by atoms with Crippen LogP contribution >= 0.6 is 23.2 Å². The number of hydrogen-bond acceptors (Lipinski definition) is 5. The average molecular weight is 476 g/mol. The Morgan fingerprint density at radius 2 is 1.78 bits per heavy atom. The largest absolute Gasteiger partial charge is 0.444 e. The Hall–Kier alpha value is -2.51. The third-order valence-electron chi connectivity index (χ3n) is 5.38. The van der Waals surface area contributed by atoms with E-state index < -0.39 is 5.60 Å². The fourth-order valence-electron chi connectivity index (χ4n) is 4.12. The normalized spacial score (nSPS) is 19.5. The summed E-state index contributed by atoms with van der Waals surface area (Å²) in [6.45, 7) is 10.9. The van der Waals surface area contributed by atoms with E-state index in [1.165, 1.54) is 0 Å². The Morgan fingerprint density at radius 3 is 2.44 bits per heavy atom. The highest BCUT2D eigenvalue weighted by Gasteiger charge is 2.36. The number of ether oxygens (including phenoxy) is 1. The van der Waals surface area contributed by atoms with Gasteiger partial charge in [0, 0.05) is 34.9 Å². The molecule has 0 bridgehead atoms. The fraction of sp³-hybridized carbons (Fsp3) is 0.435. The van der Waals surface area contributed by atoms with Gasteiger partial charge in [-0.3, -0.25) is 4.90 Å². The highest BCUT2D eigenvalue weighted by Crippen LogP contribution is 2.31.